The van der Waals surface area contributed by atoms with Crippen LogP contribution in [0.5, 0.6) is 5.75 Å². The minimum Gasteiger partial charge on any atom is -0.497 e. The van der Waals surface area contributed by atoms with E-state index in [-0.39, 0.29) is 0 Å². The zero-order valence-corrected chi connectivity index (χ0v) is 11.1. The van der Waals surface area contributed by atoms with Crippen LogP contribution < -0.4 is 15.4 Å². The van der Waals surface area contributed by atoms with Crippen molar-refractivity contribution < 1.29 is 14.3 Å². The second-order valence-corrected chi connectivity index (χ2v) is 3.77. The van der Waals surface area contributed by atoms with Gasteiger partial charge in [0.15, 0.2) is 11.6 Å². The van der Waals surface area contributed by atoms with E-state index in [1.165, 1.54) is 7.11 Å². The number of rotatable bonds is 4. The molecule has 0 atom stereocenters. The number of methoxy groups -OCH3 is 2. The van der Waals surface area contributed by atoms with Gasteiger partial charge in [0.05, 0.1) is 14.2 Å². The van der Waals surface area contributed by atoms with Gasteiger partial charge in [0.25, 0.3) is 0 Å². The minimum absolute atomic E-state index is 0.317. The molecule has 0 aliphatic carbocycles. The molecule has 1 heterocycles. The maximum atomic E-state index is 11.0. The number of nitrogens with zero attached hydrogens (tertiary/aromatic N) is 2. The fraction of sp³-hybridized carbons (Fsp3) is 0.154. The fourth-order valence-electron chi connectivity index (χ4n) is 1.44. The first-order valence-electron chi connectivity index (χ1n) is 5.81. The average Bonchev–Trinajstić information content (AvgIpc) is 2.50. The predicted molar refractivity (Wildman–Crippen MR) is 74.3 cm³/mol. The third-order valence-corrected chi connectivity index (χ3v) is 2.44. The lowest BCUT2D eigenvalue weighted by molar-refractivity contribution is 0.187. The highest BCUT2D eigenvalue weighted by molar-refractivity contribution is 5.83. The van der Waals surface area contributed by atoms with Crippen molar-refractivity contribution in [2.45, 2.75) is 0 Å². The van der Waals surface area contributed by atoms with Crippen LogP contribution in [0.1, 0.15) is 0 Å². The van der Waals surface area contributed by atoms with Gasteiger partial charge in [0, 0.05) is 5.69 Å². The van der Waals surface area contributed by atoms with Crippen molar-refractivity contribution in [2.24, 2.45) is 0 Å². The Hall–Kier alpha value is -2.83. The van der Waals surface area contributed by atoms with E-state index in [1.807, 2.05) is 24.3 Å². The van der Waals surface area contributed by atoms with Crippen LogP contribution in [0.4, 0.5) is 22.1 Å². The Balaban J connectivity index is 2.00. The number of hydrogen-bond acceptors (Lipinski definition) is 6. The molecule has 0 radical (unpaired) electrons. The Kier molecular flexibility index (Phi) is 4.33. The molecule has 1 aromatic heterocycles. The summed E-state index contributed by atoms with van der Waals surface area (Å²) in [6.07, 6.45) is -0.588. The van der Waals surface area contributed by atoms with Crippen molar-refractivity contribution in [1.82, 2.24) is 10.2 Å². The zero-order valence-electron chi connectivity index (χ0n) is 11.1. The molecule has 0 unspecified atom stereocenters. The third-order valence-electron chi connectivity index (χ3n) is 2.44. The van der Waals surface area contributed by atoms with Gasteiger partial charge in [-0.3, -0.25) is 5.32 Å². The molecule has 20 heavy (non-hydrogen) atoms. The highest BCUT2D eigenvalue weighted by Gasteiger charge is 2.03. The van der Waals surface area contributed by atoms with Crippen LogP contribution >= 0.6 is 0 Å². The van der Waals surface area contributed by atoms with Gasteiger partial charge in [-0.2, -0.15) is 0 Å². The van der Waals surface area contributed by atoms with Crippen LogP contribution in [-0.2, 0) is 4.74 Å². The molecule has 0 saturated heterocycles. The Labute approximate surface area is 115 Å². The number of carbonyl (C=O) groups excluding carboxylic acids is 1. The van der Waals surface area contributed by atoms with Crippen LogP contribution in [0.15, 0.2) is 36.4 Å². The number of amides is 1. The van der Waals surface area contributed by atoms with Gasteiger partial charge in [-0.15, -0.1) is 10.2 Å². The van der Waals surface area contributed by atoms with E-state index in [1.54, 1.807) is 19.2 Å². The summed E-state index contributed by atoms with van der Waals surface area (Å²) in [6, 6.07) is 10.7. The van der Waals surface area contributed by atoms with E-state index in [9.17, 15) is 4.79 Å². The summed E-state index contributed by atoms with van der Waals surface area (Å²) < 4.78 is 9.53. The highest BCUT2D eigenvalue weighted by atomic mass is 16.5. The molecule has 0 aliphatic rings. The zero-order chi connectivity index (χ0) is 14.4. The number of carbonyl (C=O) groups is 1. The fourth-order valence-corrected chi connectivity index (χ4v) is 1.44. The molecule has 1 aromatic carbocycles. The van der Waals surface area contributed by atoms with Crippen LogP contribution in [0.2, 0.25) is 0 Å². The lowest BCUT2D eigenvalue weighted by atomic mass is 10.3. The molecule has 0 spiro atoms. The van der Waals surface area contributed by atoms with Crippen LogP contribution in [0, 0.1) is 0 Å². The first-order valence-corrected chi connectivity index (χ1v) is 5.81. The average molecular weight is 274 g/mol. The molecule has 7 nitrogen and oxygen atoms in total. The van der Waals surface area contributed by atoms with Crippen LogP contribution in [0.25, 0.3) is 0 Å². The van der Waals surface area contributed by atoms with Gasteiger partial charge in [-0.25, -0.2) is 4.79 Å². The summed E-state index contributed by atoms with van der Waals surface area (Å²) in [4.78, 5) is 11.0. The maximum absolute atomic E-state index is 11.0. The van der Waals surface area contributed by atoms with E-state index in [0.29, 0.717) is 11.6 Å². The van der Waals surface area contributed by atoms with E-state index in [0.717, 1.165) is 11.4 Å². The summed E-state index contributed by atoms with van der Waals surface area (Å²) in [5.41, 5.74) is 0.855. The van der Waals surface area contributed by atoms with Gasteiger partial charge in [-0.1, -0.05) is 0 Å². The molecule has 2 aromatic rings. The standard InChI is InChI=1S/C13H14N4O3/c1-19-10-5-3-9(4-6-10)14-11-7-8-12(17-16-11)15-13(18)20-2/h3-8H,1-2H3,(H,14,16)(H,15,17,18). The van der Waals surface area contributed by atoms with Crippen molar-refractivity contribution >= 4 is 23.4 Å². The van der Waals surface area contributed by atoms with Crippen molar-refractivity contribution in [1.29, 1.82) is 0 Å². The summed E-state index contributed by atoms with van der Waals surface area (Å²) in [6.45, 7) is 0. The predicted octanol–water partition coefficient (Wildman–Crippen LogP) is 2.41. The first kappa shape index (κ1) is 13.6. The van der Waals surface area contributed by atoms with Crippen LogP contribution in [0.3, 0.4) is 0 Å². The number of hydrogen-bond donors (Lipinski definition) is 2. The molecule has 2 N–H and O–H groups in total. The topological polar surface area (TPSA) is 85.4 Å². The minimum atomic E-state index is -0.588. The normalized spacial score (nSPS) is 9.70. The Bertz CT molecular complexity index is 569. The molecule has 0 bridgehead atoms. The van der Waals surface area contributed by atoms with E-state index >= 15 is 0 Å². The van der Waals surface area contributed by atoms with Crippen molar-refractivity contribution in [3.05, 3.63) is 36.4 Å². The quantitative estimate of drug-likeness (QED) is 0.890. The summed E-state index contributed by atoms with van der Waals surface area (Å²) in [5.74, 6) is 1.65. The Morgan fingerprint density at radius 3 is 2.20 bits per heavy atom. The van der Waals surface area contributed by atoms with Gasteiger partial charge in [-0.05, 0) is 36.4 Å². The lowest BCUT2D eigenvalue weighted by Crippen LogP contribution is -2.12. The Morgan fingerprint density at radius 1 is 1.00 bits per heavy atom. The summed E-state index contributed by atoms with van der Waals surface area (Å²) >= 11 is 0. The van der Waals surface area contributed by atoms with Crippen molar-refractivity contribution in [2.75, 3.05) is 24.9 Å². The van der Waals surface area contributed by atoms with Gasteiger partial charge < -0.3 is 14.8 Å². The highest BCUT2D eigenvalue weighted by Crippen LogP contribution is 2.18. The second kappa shape index (κ2) is 6.37. The van der Waals surface area contributed by atoms with E-state index < -0.39 is 6.09 Å². The molecular formula is C13H14N4O3. The lowest BCUT2D eigenvalue weighted by Gasteiger charge is -2.07. The first-order chi connectivity index (χ1) is 9.71. The number of benzene rings is 1. The molecule has 0 fully saturated rings. The molecule has 2 rings (SSSR count). The number of ether oxygens (including phenoxy) is 2. The molecule has 1 amide bonds. The molecule has 0 saturated carbocycles. The molecule has 104 valence electrons. The number of anilines is 3. The number of aromatic nitrogens is 2. The van der Waals surface area contributed by atoms with Crippen molar-refractivity contribution in [3.63, 3.8) is 0 Å². The van der Waals surface area contributed by atoms with Gasteiger partial charge >= 0.3 is 6.09 Å². The van der Waals surface area contributed by atoms with Gasteiger partial charge in [0.1, 0.15) is 5.75 Å². The number of nitrogens with one attached hydrogen (secondary N) is 2. The monoisotopic (exact) mass is 274 g/mol. The van der Waals surface area contributed by atoms with E-state index in [4.69, 9.17) is 4.74 Å². The summed E-state index contributed by atoms with van der Waals surface area (Å²) in [5, 5.41) is 13.3. The molecular weight excluding hydrogens is 260 g/mol. The summed E-state index contributed by atoms with van der Waals surface area (Å²) in [7, 11) is 2.89. The molecule has 0 aliphatic heterocycles. The third kappa shape index (κ3) is 3.58. The second-order valence-electron chi connectivity index (χ2n) is 3.77. The van der Waals surface area contributed by atoms with Crippen molar-refractivity contribution in [3.8, 4) is 5.75 Å². The Morgan fingerprint density at radius 2 is 1.65 bits per heavy atom. The van der Waals surface area contributed by atoms with Crippen LogP contribution in [-0.4, -0.2) is 30.5 Å². The largest absolute Gasteiger partial charge is 0.497 e. The molecule has 7 heteroatoms. The van der Waals surface area contributed by atoms with E-state index in [2.05, 4.69) is 25.6 Å². The van der Waals surface area contributed by atoms with Gasteiger partial charge in [0.2, 0.25) is 0 Å². The smallest absolute Gasteiger partial charge is 0.412 e. The maximum Gasteiger partial charge on any atom is 0.412 e. The SMILES string of the molecule is COC(=O)Nc1ccc(Nc2ccc(OC)cc2)nn1.